The molecule has 0 aliphatic carbocycles. The van der Waals surface area contributed by atoms with Crippen LogP contribution in [0.15, 0.2) is 47.5 Å². The van der Waals surface area contributed by atoms with Crippen LogP contribution in [0.5, 0.6) is 0 Å². The molecule has 2 aromatic heterocycles. The molecule has 6 heteroatoms. The molecule has 5 nitrogen and oxygen atoms in total. The lowest BCUT2D eigenvalue weighted by Crippen LogP contribution is -2.08. The number of nitrogens with zero attached hydrogens (tertiary/aromatic N) is 3. The summed E-state index contributed by atoms with van der Waals surface area (Å²) >= 11 is 6.14. The third-order valence-electron chi connectivity index (χ3n) is 2.87. The SMILES string of the molecule is Cn1cc(-c2cc(=O)[nH]c(-c3ccccc3Cl)n2)cn1. The summed E-state index contributed by atoms with van der Waals surface area (Å²) in [7, 11) is 1.81. The maximum Gasteiger partial charge on any atom is 0.251 e. The molecule has 20 heavy (non-hydrogen) atoms. The van der Waals surface area contributed by atoms with Crippen molar-refractivity contribution in [2.24, 2.45) is 7.05 Å². The van der Waals surface area contributed by atoms with E-state index < -0.39 is 0 Å². The van der Waals surface area contributed by atoms with Gasteiger partial charge in [0.2, 0.25) is 0 Å². The monoisotopic (exact) mass is 286 g/mol. The second kappa shape index (κ2) is 4.94. The average molecular weight is 287 g/mol. The molecule has 0 spiro atoms. The third kappa shape index (κ3) is 2.35. The number of benzene rings is 1. The van der Waals surface area contributed by atoms with Crippen molar-refractivity contribution >= 4 is 11.6 Å². The van der Waals surface area contributed by atoms with Gasteiger partial charge >= 0.3 is 0 Å². The number of aromatic amines is 1. The summed E-state index contributed by atoms with van der Waals surface area (Å²) in [5, 5.41) is 4.62. The highest BCUT2D eigenvalue weighted by Gasteiger charge is 2.09. The topological polar surface area (TPSA) is 63.6 Å². The van der Waals surface area contributed by atoms with E-state index in [-0.39, 0.29) is 5.56 Å². The smallest absolute Gasteiger partial charge is 0.251 e. The zero-order valence-corrected chi connectivity index (χ0v) is 11.4. The maximum absolute atomic E-state index is 11.8. The Morgan fingerprint density at radius 1 is 1.30 bits per heavy atom. The van der Waals surface area contributed by atoms with Crippen LogP contribution in [0, 0.1) is 0 Å². The lowest BCUT2D eigenvalue weighted by atomic mass is 10.2. The van der Waals surface area contributed by atoms with Gasteiger partial charge in [0.1, 0.15) is 5.82 Å². The number of aromatic nitrogens is 4. The molecule has 0 amide bonds. The van der Waals surface area contributed by atoms with Crippen LogP contribution >= 0.6 is 11.6 Å². The molecule has 3 rings (SSSR count). The van der Waals surface area contributed by atoms with E-state index in [4.69, 9.17) is 11.6 Å². The molecule has 0 aliphatic rings. The van der Waals surface area contributed by atoms with Crippen molar-refractivity contribution in [3.63, 3.8) is 0 Å². The first kappa shape index (κ1) is 12.6. The molecule has 0 saturated heterocycles. The van der Waals surface area contributed by atoms with E-state index in [1.54, 1.807) is 23.1 Å². The normalized spacial score (nSPS) is 10.7. The maximum atomic E-state index is 11.8. The number of rotatable bonds is 2. The first-order valence-corrected chi connectivity index (χ1v) is 6.36. The van der Waals surface area contributed by atoms with Crippen molar-refractivity contribution in [1.82, 2.24) is 19.7 Å². The van der Waals surface area contributed by atoms with E-state index in [0.29, 0.717) is 22.1 Å². The van der Waals surface area contributed by atoms with Crippen molar-refractivity contribution in [2.75, 3.05) is 0 Å². The molecule has 0 aliphatic heterocycles. The lowest BCUT2D eigenvalue weighted by molar-refractivity contribution is 0.768. The van der Waals surface area contributed by atoms with Gasteiger partial charge in [0.25, 0.3) is 5.56 Å². The molecule has 0 bridgehead atoms. The minimum Gasteiger partial charge on any atom is -0.306 e. The number of H-pyrrole nitrogens is 1. The Morgan fingerprint density at radius 3 is 2.80 bits per heavy atom. The van der Waals surface area contributed by atoms with E-state index >= 15 is 0 Å². The fraction of sp³-hybridized carbons (Fsp3) is 0.0714. The van der Waals surface area contributed by atoms with Gasteiger partial charge in [-0.05, 0) is 12.1 Å². The molecule has 0 fully saturated rings. The third-order valence-corrected chi connectivity index (χ3v) is 3.20. The molecule has 100 valence electrons. The van der Waals surface area contributed by atoms with E-state index in [0.717, 1.165) is 5.56 Å². The van der Waals surface area contributed by atoms with Gasteiger partial charge in [0.05, 0.1) is 16.9 Å². The van der Waals surface area contributed by atoms with Crippen LogP contribution in [0.3, 0.4) is 0 Å². The molecular formula is C14H11ClN4O. The number of hydrogen-bond acceptors (Lipinski definition) is 3. The van der Waals surface area contributed by atoms with Gasteiger partial charge < -0.3 is 4.98 Å². The highest BCUT2D eigenvalue weighted by Crippen LogP contribution is 2.25. The van der Waals surface area contributed by atoms with Gasteiger partial charge in [-0.1, -0.05) is 23.7 Å². The Hall–Kier alpha value is -2.40. The summed E-state index contributed by atoms with van der Waals surface area (Å²) < 4.78 is 1.66. The Bertz CT molecular complexity index is 822. The van der Waals surface area contributed by atoms with Crippen molar-refractivity contribution < 1.29 is 0 Å². The fourth-order valence-corrected chi connectivity index (χ4v) is 2.17. The Kier molecular flexibility index (Phi) is 3.12. The highest BCUT2D eigenvalue weighted by molar-refractivity contribution is 6.33. The molecule has 3 aromatic rings. The van der Waals surface area contributed by atoms with Gasteiger partial charge in [-0.3, -0.25) is 9.48 Å². The van der Waals surface area contributed by atoms with Crippen LogP contribution in [0.1, 0.15) is 0 Å². The predicted octanol–water partition coefficient (Wildman–Crippen LogP) is 2.49. The average Bonchev–Trinajstić information content (AvgIpc) is 2.85. The van der Waals surface area contributed by atoms with Gasteiger partial charge in [0, 0.05) is 30.4 Å². The number of nitrogens with one attached hydrogen (secondary N) is 1. The van der Waals surface area contributed by atoms with Gasteiger partial charge in [0.15, 0.2) is 0 Å². The first-order valence-electron chi connectivity index (χ1n) is 5.99. The molecule has 0 unspecified atom stereocenters. The molecule has 0 radical (unpaired) electrons. The summed E-state index contributed by atoms with van der Waals surface area (Å²) in [5.74, 6) is 0.446. The fourth-order valence-electron chi connectivity index (χ4n) is 1.94. The molecule has 1 N–H and O–H groups in total. The number of aryl methyl sites for hydroxylation is 1. The Labute approximate surface area is 119 Å². The van der Waals surface area contributed by atoms with Crippen LogP contribution in [-0.4, -0.2) is 19.7 Å². The summed E-state index contributed by atoms with van der Waals surface area (Å²) in [5.41, 5.74) is 1.81. The van der Waals surface area contributed by atoms with Gasteiger partial charge in [-0.2, -0.15) is 5.10 Å². The largest absolute Gasteiger partial charge is 0.306 e. The van der Waals surface area contributed by atoms with Crippen molar-refractivity contribution in [3.8, 4) is 22.6 Å². The zero-order valence-electron chi connectivity index (χ0n) is 10.7. The van der Waals surface area contributed by atoms with Crippen molar-refractivity contribution in [3.05, 3.63) is 58.1 Å². The number of halogens is 1. The lowest BCUT2D eigenvalue weighted by Gasteiger charge is -2.04. The van der Waals surface area contributed by atoms with Gasteiger partial charge in [-0.25, -0.2) is 4.98 Å². The predicted molar refractivity (Wildman–Crippen MR) is 77.5 cm³/mol. The second-order valence-electron chi connectivity index (χ2n) is 4.36. The van der Waals surface area contributed by atoms with Crippen molar-refractivity contribution in [1.29, 1.82) is 0 Å². The van der Waals surface area contributed by atoms with Crippen molar-refractivity contribution in [2.45, 2.75) is 0 Å². The summed E-state index contributed by atoms with van der Waals surface area (Å²) in [6.07, 6.45) is 3.47. The molecule has 1 aromatic carbocycles. The first-order chi connectivity index (χ1) is 9.63. The van der Waals surface area contributed by atoms with Crippen LogP contribution < -0.4 is 5.56 Å². The Morgan fingerprint density at radius 2 is 2.10 bits per heavy atom. The van der Waals surface area contributed by atoms with Crippen LogP contribution in [0.4, 0.5) is 0 Å². The van der Waals surface area contributed by atoms with Crippen LogP contribution in [0.2, 0.25) is 5.02 Å². The quantitative estimate of drug-likeness (QED) is 0.787. The molecule has 0 atom stereocenters. The summed E-state index contributed by atoms with van der Waals surface area (Å²) in [6, 6.07) is 8.69. The summed E-state index contributed by atoms with van der Waals surface area (Å²) in [6.45, 7) is 0. The summed E-state index contributed by atoms with van der Waals surface area (Å²) in [4.78, 5) is 19.0. The molecular weight excluding hydrogens is 276 g/mol. The van der Waals surface area contributed by atoms with E-state index in [1.807, 2.05) is 25.2 Å². The van der Waals surface area contributed by atoms with E-state index in [2.05, 4.69) is 15.1 Å². The number of hydrogen-bond donors (Lipinski definition) is 1. The minimum atomic E-state index is -0.228. The van der Waals surface area contributed by atoms with Crippen LogP contribution in [0.25, 0.3) is 22.6 Å². The standard InChI is InChI=1S/C14H11ClN4O/c1-19-8-9(7-16-19)12-6-13(20)18-14(17-12)10-4-2-3-5-11(10)15/h2-8H,1H3,(H,17,18,20). The minimum absolute atomic E-state index is 0.228. The molecule has 0 saturated carbocycles. The van der Waals surface area contributed by atoms with E-state index in [9.17, 15) is 4.79 Å². The highest BCUT2D eigenvalue weighted by atomic mass is 35.5. The Balaban J connectivity index is 2.17. The second-order valence-corrected chi connectivity index (χ2v) is 4.77. The van der Waals surface area contributed by atoms with Crippen LogP contribution in [-0.2, 0) is 7.05 Å². The van der Waals surface area contributed by atoms with Gasteiger partial charge in [-0.15, -0.1) is 0 Å². The molecule has 2 heterocycles. The zero-order chi connectivity index (χ0) is 14.1. The van der Waals surface area contributed by atoms with E-state index in [1.165, 1.54) is 6.07 Å².